The molecule has 0 bridgehead atoms. The summed E-state index contributed by atoms with van der Waals surface area (Å²) in [6.45, 7) is 3.44. The zero-order valence-electron chi connectivity index (χ0n) is 11.8. The summed E-state index contributed by atoms with van der Waals surface area (Å²) in [4.78, 5) is 11.6. The molecule has 0 aliphatic rings. The van der Waals surface area contributed by atoms with E-state index in [1.54, 1.807) is 44.2 Å². The lowest BCUT2D eigenvalue weighted by atomic mass is 10.1. The second-order valence-corrected chi connectivity index (χ2v) is 6.94. The molecule has 0 aliphatic carbocycles. The Morgan fingerprint density at radius 3 is 2.24 bits per heavy atom. The predicted octanol–water partition coefficient (Wildman–Crippen LogP) is 2.90. The Kier molecular flexibility index (Phi) is 4.14. The average Bonchev–Trinajstić information content (AvgIpc) is 2.42. The molecule has 0 radical (unpaired) electrons. The first-order valence-electron chi connectivity index (χ1n) is 6.43. The summed E-state index contributed by atoms with van der Waals surface area (Å²) in [5.41, 5.74) is 1.57. The topological polar surface area (TPSA) is 71.4 Å². The molecule has 110 valence electrons. The largest absolute Gasteiger partial charge is 0.480 e. The van der Waals surface area contributed by atoms with Gasteiger partial charge in [-0.25, -0.2) is 8.42 Å². The molecular weight excluding hydrogens is 288 g/mol. The van der Waals surface area contributed by atoms with Gasteiger partial charge in [-0.3, -0.25) is 4.79 Å². The standard InChI is InChI=1S/C16H16O4S/c1-11-8-9-12(2)14(10-11)21(19,20)15(16(17)18)13-6-4-3-5-7-13/h3-10,15H,1-2H3,(H,17,18). The normalized spacial score (nSPS) is 12.9. The van der Waals surface area contributed by atoms with Gasteiger partial charge >= 0.3 is 5.97 Å². The lowest BCUT2D eigenvalue weighted by Gasteiger charge is -2.16. The van der Waals surface area contributed by atoms with Crippen molar-refractivity contribution in [1.29, 1.82) is 0 Å². The number of carboxylic acids is 1. The Morgan fingerprint density at radius 2 is 1.67 bits per heavy atom. The van der Waals surface area contributed by atoms with Crippen LogP contribution in [0.3, 0.4) is 0 Å². The maximum atomic E-state index is 12.8. The molecule has 0 aliphatic heterocycles. The molecule has 2 aromatic carbocycles. The van der Waals surface area contributed by atoms with Crippen molar-refractivity contribution < 1.29 is 18.3 Å². The van der Waals surface area contributed by atoms with Gasteiger partial charge in [0.1, 0.15) is 0 Å². The van der Waals surface area contributed by atoms with E-state index in [0.717, 1.165) is 5.56 Å². The highest BCUT2D eigenvalue weighted by Crippen LogP contribution is 2.31. The third kappa shape index (κ3) is 2.97. The van der Waals surface area contributed by atoms with E-state index in [9.17, 15) is 18.3 Å². The van der Waals surface area contributed by atoms with Gasteiger partial charge in [-0.1, -0.05) is 42.5 Å². The van der Waals surface area contributed by atoms with Crippen LogP contribution in [0.4, 0.5) is 0 Å². The van der Waals surface area contributed by atoms with Gasteiger partial charge in [-0.05, 0) is 36.6 Å². The quantitative estimate of drug-likeness (QED) is 0.942. The minimum atomic E-state index is -4.01. The van der Waals surface area contributed by atoms with E-state index in [-0.39, 0.29) is 10.5 Å². The Balaban J connectivity index is 2.64. The summed E-state index contributed by atoms with van der Waals surface area (Å²) < 4.78 is 25.5. The van der Waals surface area contributed by atoms with Gasteiger partial charge in [-0.15, -0.1) is 0 Å². The van der Waals surface area contributed by atoms with Gasteiger partial charge in [-0.2, -0.15) is 0 Å². The van der Waals surface area contributed by atoms with Crippen molar-refractivity contribution in [2.75, 3.05) is 0 Å². The first kappa shape index (κ1) is 15.3. The molecule has 0 amide bonds. The van der Waals surface area contributed by atoms with Crippen molar-refractivity contribution >= 4 is 15.8 Å². The van der Waals surface area contributed by atoms with Crippen LogP contribution in [0.5, 0.6) is 0 Å². The number of carbonyl (C=O) groups is 1. The SMILES string of the molecule is Cc1ccc(C)c(S(=O)(=O)C(C(=O)O)c2ccccc2)c1. The molecule has 0 heterocycles. The number of aliphatic carboxylic acids is 1. The molecule has 0 saturated heterocycles. The number of benzene rings is 2. The van der Waals surface area contributed by atoms with Crippen LogP contribution in [-0.4, -0.2) is 19.5 Å². The first-order valence-corrected chi connectivity index (χ1v) is 7.97. The summed E-state index contributed by atoms with van der Waals surface area (Å²) in [5.74, 6) is -1.37. The Morgan fingerprint density at radius 1 is 1.05 bits per heavy atom. The lowest BCUT2D eigenvalue weighted by molar-refractivity contribution is -0.136. The third-order valence-corrected chi connectivity index (χ3v) is 5.43. The second-order valence-electron chi connectivity index (χ2n) is 4.94. The van der Waals surface area contributed by atoms with Crippen LogP contribution in [0.15, 0.2) is 53.4 Å². The third-order valence-electron chi connectivity index (χ3n) is 3.29. The van der Waals surface area contributed by atoms with E-state index < -0.39 is 21.1 Å². The molecule has 0 fully saturated rings. The summed E-state index contributed by atoms with van der Waals surface area (Å²) in [6.07, 6.45) is 0. The van der Waals surface area contributed by atoms with E-state index in [1.807, 2.05) is 0 Å². The summed E-state index contributed by atoms with van der Waals surface area (Å²) in [7, 11) is -4.01. The average molecular weight is 304 g/mol. The highest BCUT2D eigenvalue weighted by molar-refractivity contribution is 7.92. The van der Waals surface area contributed by atoms with Crippen molar-refractivity contribution in [2.45, 2.75) is 24.0 Å². The molecule has 0 aromatic heterocycles. The van der Waals surface area contributed by atoms with Crippen molar-refractivity contribution in [3.05, 3.63) is 65.2 Å². The molecule has 0 spiro atoms. The molecule has 21 heavy (non-hydrogen) atoms. The molecule has 1 unspecified atom stereocenters. The highest BCUT2D eigenvalue weighted by Gasteiger charge is 2.36. The number of sulfone groups is 1. The van der Waals surface area contributed by atoms with Gasteiger partial charge in [0, 0.05) is 0 Å². The zero-order chi connectivity index (χ0) is 15.6. The van der Waals surface area contributed by atoms with E-state index in [2.05, 4.69) is 0 Å². The Labute approximate surface area is 124 Å². The van der Waals surface area contributed by atoms with E-state index in [0.29, 0.717) is 5.56 Å². The fourth-order valence-electron chi connectivity index (χ4n) is 2.22. The van der Waals surface area contributed by atoms with Crippen molar-refractivity contribution in [3.63, 3.8) is 0 Å². The summed E-state index contributed by atoms with van der Waals surface area (Å²) in [5, 5.41) is 7.81. The van der Waals surface area contributed by atoms with Crippen LogP contribution in [-0.2, 0) is 14.6 Å². The number of hydrogen-bond acceptors (Lipinski definition) is 3. The highest BCUT2D eigenvalue weighted by atomic mass is 32.2. The zero-order valence-corrected chi connectivity index (χ0v) is 12.6. The molecule has 2 aromatic rings. The summed E-state index contributed by atoms with van der Waals surface area (Å²) in [6, 6.07) is 13.0. The van der Waals surface area contributed by atoms with E-state index >= 15 is 0 Å². The molecule has 4 nitrogen and oxygen atoms in total. The smallest absolute Gasteiger partial charge is 0.326 e. The summed E-state index contributed by atoms with van der Waals surface area (Å²) >= 11 is 0. The Hall–Kier alpha value is -2.14. The molecule has 1 atom stereocenters. The van der Waals surface area contributed by atoms with E-state index in [4.69, 9.17) is 0 Å². The number of aryl methyl sites for hydroxylation is 2. The molecule has 0 saturated carbocycles. The second kappa shape index (κ2) is 5.69. The molecule has 1 N–H and O–H groups in total. The van der Waals surface area contributed by atoms with Crippen LogP contribution in [0.1, 0.15) is 21.9 Å². The molecule has 5 heteroatoms. The maximum Gasteiger partial charge on any atom is 0.326 e. The fourth-order valence-corrected chi connectivity index (χ4v) is 4.12. The van der Waals surface area contributed by atoms with Crippen LogP contribution < -0.4 is 0 Å². The monoisotopic (exact) mass is 304 g/mol. The van der Waals surface area contributed by atoms with Crippen LogP contribution in [0.25, 0.3) is 0 Å². The molecular formula is C16H16O4S. The van der Waals surface area contributed by atoms with E-state index in [1.165, 1.54) is 18.2 Å². The maximum absolute atomic E-state index is 12.8. The van der Waals surface area contributed by atoms with Gasteiger partial charge < -0.3 is 5.11 Å². The van der Waals surface area contributed by atoms with Gasteiger partial charge in [0.05, 0.1) is 4.90 Å². The molecule has 2 rings (SSSR count). The van der Waals surface area contributed by atoms with Crippen molar-refractivity contribution in [3.8, 4) is 0 Å². The number of rotatable bonds is 4. The van der Waals surface area contributed by atoms with Crippen LogP contribution >= 0.6 is 0 Å². The minimum Gasteiger partial charge on any atom is -0.480 e. The lowest BCUT2D eigenvalue weighted by Crippen LogP contribution is -2.23. The van der Waals surface area contributed by atoms with Gasteiger partial charge in [0.2, 0.25) is 0 Å². The number of hydrogen-bond donors (Lipinski definition) is 1. The predicted molar refractivity (Wildman–Crippen MR) is 79.9 cm³/mol. The van der Waals surface area contributed by atoms with Crippen molar-refractivity contribution in [1.82, 2.24) is 0 Å². The Bertz CT molecular complexity index is 764. The van der Waals surface area contributed by atoms with Crippen molar-refractivity contribution in [2.24, 2.45) is 0 Å². The fraction of sp³-hybridized carbons (Fsp3) is 0.188. The van der Waals surface area contributed by atoms with Crippen LogP contribution in [0.2, 0.25) is 0 Å². The minimum absolute atomic E-state index is 0.0683. The van der Waals surface area contributed by atoms with Crippen LogP contribution in [0, 0.1) is 13.8 Å². The van der Waals surface area contributed by atoms with Gasteiger partial charge in [0.25, 0.3) is 0 Å². The first-order chi connectivity index (χ1) is 9.84. The van der Waals surface area contributed by atoms with Gasteiger partial charge in [0.15, 0.2) is 15.1 Å². The number of carboxylic acid groups (broad SMARTS) is 1.